The van der Waals surface area contributed by atoms with E-state index in [9.17, 15) is 0 Å². The number of H-pyrrole nitrogens is 1. The molecule has 114 valence electrons. The second kappa shape index (κ2) is 6.27. The van der Waals surface area contributed by atoms with Crippen molar-refractivity contribution >= 4 is 23.7 Å². The number of methoxy groups -OCH3 is 1. The maximum absolute atomic E-state index is 5.58. The summed E-state index contributed by atoms with van der Waals surface area (Å²) in [5.41, 5.74) is 2.55. The van der Waals surface area contributed by atoms with Crippen LogP contribution in [-0.4, -0.2) is 28.7 Å². The Hall–Kier alpha value is -2.21. The zero-order chi connectivity index (χ0) is 15.5. The molecule has 6 heteroatoms. The third-order valence-electron chi connectivity index (χ3n) is 3.33. The summed E-state index contributed by atoms with van der Waals surface area (Å²) in [5, 5.41) is -0.331. The van der Waals surface area contributed by atoms with Crippen LogP contribution >= 0.6 is 12.6 Å². The van der Waals surface area contributed by atoms with Crippen molar-refractivity contribution in [2.24, 2.45) is 0 Å². The van der Waals surface area contributed by atoms with Gasteiger partial charge < -0.3 is 14.5 Å². The van der Waals surface area contributed by atoms with Gasteiger partial charge in [0, 0.05) is 12.3 Å². The minimum atomic E-state index is -0.331. The van der Waals surface area contributed by atoms with Gasteiger partial charge in [0.05, 0.1) is 24.8 Å². The Labute approximate surface area is 134 Å². The van der Waals surface area contributed by atoms with E-state index in [1.165, 1.54) is 0 Å². The van der Waals surface area contributed by atoms with Crippen LogP contribution in [0, 0.1) is 0 Å². The van der Waals surface area contributed by atoms with Gasteiger partial charge in [-0.2, -0.15) is 12.6 Å². The first kappa shape index (κ1) is 14.7. The highest BCUT2D eigenvalue weighted by Gasteiger charge is 2.22. The van der Waals surface area contributed by atoms with E-state index in [0.29, 0.717) is 23.8 Å². The minimum Gasteiger partial charge on any atom is -0.491 e. The molecule has 0 aliphatic heterocycles. The lowest BCUT2D eigenvalue weighted by atomic mass is 10.2. The van der Waals surface area contributed by atoms with Gasteiger partial charge in [0.25, 0.3) is 0 Å². The standard InChI is InChI=1S/C16H17N3O2S/c1-3-21-12-8-9-17-13(14(12)20-2)15(22)16-18-10-6-4-5-7-11(10)19-16/h4-9,15,22H,3H2,1-2H3,(H,18,19). The van der Waals surface area contributed by atoms with Crippen molar-refractivity contribution in [3.05, 3.63) is 48.0 Å². The molecule has 0 bridgehead atoms. The molecule has 0 spiro atoms. The van der Waals surface area contributed by atoms with Crippen molar-refractivity contribution in [2.75, 3.05) is 13.7 Å². The number of hydrogen-bond donors (Lipinski definition) is 2. The van der Waals surface area contributed by atoms with Crippen LogP contribution in [0.25, 0.3) is 11.0 Å². The Morgan fingerprint density at radius 2 is 2.09 bits per heavy atom. The Kier molecular flexibility index (Phi) is 4.20. The molecule has 2 heterocycles. The zero-order valence-corrected chi connectivity index (χ0v) is 13.3. The fourth-order valence-electron chi connectivity index (χ4n) is 2.35. The minimum absolute atomic E-state index is 0.331. The van der Waals surface area contributed by atoms with Gasteiger partial charge >= 0.3 is 0 Å². The van der Waals surface area contributed by atoms with E-state index >= 15 is 0 Å². The smallest absolute Gasteiger partial charge is 0.183 e. The Morgan fingerprint density at radius 1 is 1.27 bits per heavy atom. The summed E-state index contributed by atoms with van der Waals surface area (Å²) in [5.74, 6) is 1.97. The molecule has 2 aromatic heterocycles. The number of aromatic nitrogens is 3. The summed E-state index contributed by atoms with van der Waals surface area (Å²) in [7, 11) is 1.60. The molecule has 0 fully saturated rings. The maximum Gasteiger partial charge on any atom is 0.183 e. The van der Waals surface area contributed by atoms with Crippen LogP contribution in [0.5, 0.6) is 11.5 Å². The molecule has 0 saturated carbocycles. The molecule has 22 heavy (non-hydrogen) atoms. The van der Waals surface area contributed by atoms with Crippen molar-refractivity contribution in [1.82, 2.24) is 15.0 Å². The summed E-state index contributed by atoms with van der Waals surface area (Å²) >= 11 is 4.67. The molecule has 1 unspecified atom stereocenters. The van der Waals surface area contributed by atoms with Crippen LogP contribution in [0.3, 0.4) is 0 Å². The van der Waals surface area contributed by atoms with Crippen LogP contribution in [0.4, 0.5) is 0 Å². The van der Waals surface area contributed by atoms with E-state index in [1.54, 1.807) is 19.4 Å². The lowest BCUT2D eigenvalue weighted by Crippen LogP contribution is -2.05. The summed E-state index contributed by atoms with van der Waals surface area (Å²) in [4.78, 5) is 12.2. The van der Waals surface area contributed by atoms with E-state index in [4.69, 9.17) is 9.47 Å². The largest absolute Gasteiger partial charge is 0.491 e. The first-order valence-electron chi connectivity index (χ1n) is 7.03. The summed E-state index contributed by atoms with van der Waals surface area (Å²) in [6, 6.07) is 9.64. The van der Waals surface area contributed by atoms with E-state index in [2.05, 4.69) is 27.6 Å². The number of nitrogens with one attached hydrogen (secondary N) is 1. The lowest BCUT2D eigenvalue weighted by molar-refractivity contribution is 0.308. The van der Waals surface area contributed by atoms with Crippen LogP contribution < -0.4 is 9.47 Å². The van der Waals surface area contributed by atoms with E-state index in [0.717, 1.165) is 16.9 Å². The summed E-state index contributed by atoms with van der Waals surface area (Å²) < 4.78 is 11.1. The van der Waals surface area contributed by atoms with E-state index in [-0.39, 0.29) is 5.25 Å². The van der Waals surface area contributed by atoms with Gasteiger partial charge in [0.15, 0.2) is 11.5 Å². The molecule has 0 saturated heterocycles. The molecule has 5 nitrogen and oxygen atoms in total. The average Bonchev–Trinajstić information content (AvgIpc) is 2.98. The first-order valence-corrected chi connectivity index (χ1v) is 7.54. The quantitative estimate of drug-likeness (QED) is 0.709. The number of fused-ring (bicyclic) bond motifs is 1. The fourth-order valence-corrected chi connectivity index (χ4v) is 2.65. The zero-order valence-electron chi connectivity index (χ0n) is 12.4. The second-order valence-electron chi connectivity index (χ2n) is 4.70. The predicted molar refractivity (Wildman–Crippen MR) is 88.9 cm³/mol. The monoisotopic (exact) mass is 315 g/mol. The number of ether oxygens (including phenoxy) is 2. The van der Waals surface area contributed by atoms with E-state index in [1.807, 2.05) is 31.2 Å². The molecule has 0 aliphatic rings. The number of aromatic amines is 1. The maximum atomic E-state index is 5.58. The van der Waals surface area contributed by atoms with Gasteiger partial charge in [0.2, 0.25) is 0 Å². The van der Waals surface area contributed by atoms with Crippen molar-refractivity contribution < 1.29 is 9.47 Å². The fraction of sp³-hybridized carbons (Fsp3) is 0.250. The van der Waals surface area contributed by atoms with Gasteiger partial charge in [-0.05, 0) is 19.1 Å². The molecular formula is C16H17N3O2S. The highest BCUT2D eigenvalue weighted by Crippen LogP contribution is 2.38. The summed E-state index contributed by atoms with van der Waals surface area (Å²) in [6.45, 7) is 2.48. The third kappa shape index (κ3) is 2.62. The number of thiol groups is 1. The summed E-state index contributed by atoms with van der Waals surface area (Å²) in [6.07, 6.45) is 1.69. The van der Waals surface area contributed by atoms with Gasteiger partial charge in [0.1, 0.15) is 16.8 Å². The Balaban J connectivity index is 2.04. The van der Waals surface area contributed by atoms with Crippen LogP contribution in [0.15, 0.2) is 36.5 Å². The van der Waals surface area contributed by atoms with Crippen LogP contribution in [0.1, 0.15) is 23.7 Å². The van der Waals surface area contributed by atoms with Crippen molar-refractivity contribution in [3.8, 4) is 11.5 Å². The lowest BCUT2D eigenvalue weighted by Gasteiger charge is -2.15. The van der Waals surface area contributed by atoms with Gasteiger partial charge in [-0.1, -0.05) is 12.1 Å². The molecule has 0 aliphatic carbocycles. The molecule has 3 rings (SSSR count). The number of nitrogens with zero attached hydrogens (tertiary/aromatic N) is 2. The topological polar surface area (TPSA) is 60.0 Å². The van der Waals surface area contributed by atoms with Gasteiger partial charge in [-0.25, -0.2) is 4.98 Å². The van der Waals surface area contributed by atoms with Crippen LogP contribution in [-0.2, 0) is 0 Å². The number of imidazole rings is 1. The van der Waals surface area contributed by atoms with Crippen LogP contribution in [0.2, 0.25) is 0 Å². The van der Waals surface area contributed by atoms with Crippen molar-refractivity contribution in [1.29, 1.82) is 0 Å². The molecule has 1 N–H and O–H groups in total. The molecule has 1 aromatic carbocycles. The Morgan fingerprint density at radius 3 is 2.82 bits per heavy atom. The molecule has 1 atom stereocenters. The highest BCUT2D eigenvalue weighted by molar-refractivity contribution is 7.80. The van der Waals surface area contributed by atoms with Gasteiger partial charge in [-0.15, -0.1) is 0 Å². The number of para-hydroxylation sites is 2. The highest BCUT2D eigenvalue weighted by atomic mass is 32.1. The van der Waals surface area contributed by atoms with Gasteiger partial charge in [-0.3, -0.25) is 4.98 Å². The number of benzene rings is 1. The van der Waals surface area contributed by atoms with Crippen molar-refractivity contribution in [3.63, 3.8) is 0 Å². The molecule has 3 aromatic rings. The predicted octanol–water partition coefficient (Wildman–Crippen LogP) is 3.38. The van der Waals surface area contributed by atoms with Crippen molar-refractivity contribution in [2.45, 2.75) is 12.2 Å². The van der Waals surface area contributed by atoms with E-state index < -0.39 is 0 Å². The molecular weight excluding hydrogens is 298 g/mol. The first-order chi connectivity index (χ1) is 10.7. The third-order valence-corrected chi connectivity index (χ3v) is 3.81. The SMILES string of the molecule is CCOc1ccnc(C(S)c2nc3ccccc3[nH]2)c1OC. The normalized spacial score (nSPS) is 12.3. The number of pyridine rings is 1. The molecule has 0 amide bonds. The second-order valence-corrected chi connectivity index (χ2v) is 5.22. The molecule has 0 radical (unpaired) electrons. The Bertz CT molecular complexity index is 755. The average molecular weight is 315 g/mol. The number of rotatable bonds is 5. The number of hydrogen-bond acceptors (Lipinski definition) is 5.